The first-order valence-electron chi connectivity index (χ1n) is 8.29. The molecule has 0 aliphatic carbocycles. The van der Waals surface area contributed by atoms with Crippen molar-refractivity contribution < 1.29 is 13.2 Å². The maximum atomic E-state index is 12.7. The number of sulfonamides is 1. The fourth-order valence-corrected chi connectivity index (χ4v) is 5.01. The summed E-state index contributed by atoms with van der Waals surface area (Å²) in [7, 11) is -3.56. The summed E-state index contributed by atoms with van der Waals surface area (Å²) in [4.78, 5) is 12.8. The highest BCUT2D eigenvalue weighted by Gasteiger charge is 2.32. The van der Waals surface area contributed by atoms with Gasteiger partial charge in [-0.2, -0.15) is 4.31 Å². The number of amides is 1. The van der Waals surface area contributed by atoms with Crippen molar-refractivity contribution in [3.63, 3.8) is 0 Å². The maximum absolute atomic E-state index is 12.7. The molecule has 144 valence electrons. The van der Waals surface area contributed by atoms with E-state index in [1.165, 1.54) is 4.31 Å². The van der Waals surface area contributed by atoms with E-state index in [0.29, 0.717) is 41.7 Å². The van der Waals surface area contributed by atoms with E-state index in [-0.39, 0.29) is 16.7 Å². The largest absolute Gasteiger partial charge is 0.324 e. The summed E-state index contributed by atoms with van der Waals surface area (Å²) in [5.41, 5.74) is 0.457. The van der Waals surface area contributed by atoms with Gasteiger partial charge in [-0.05, 0) is 55.3 Å². The lowest BCUT2D eigenvalue weighted by molar-refractivity contribution is -0.120. The van der Waals surface area contributed by atoms with Gasteiger partial charge in [-0.15, -0.1) is 0 Å². The fraction of sp³-hybridized carbons (Fsp3) is 0.278. The van der Waals surface area contributed by atoms with Crippen molar-refractivity contribution in [1.29, 1.82) is 0 Å². The minimum atomic E-state index is -3.56. The number of anilines is 1. The fourth-order valence-electron chi connectivity index (χ4n) is 2.94. The number of hydrogen-bond donors (Lipinski definition) is 1. The Morgan fingerprint density at radius 1 is 1.07 bits per heavy atom. The summed E-state index contributed by atoms with van der Waals surface area (Å²) in [6.45, 7) is 0.583. The van der Waals surface area contributed by atoms with Gasteiger partial charge in [-0.1, -0.05) is 39.1 Å². The van der Waals surface area contributed by atoms with Crippen molar-refractivity contribution in [2.75, 3.05) is 18.4 Å². The summed E-state index contributed by atoms with van der Waals surface area (Å²) < 4.78 is 27.7. The van der Waals surface area contributed by atoms with Crippen LogP contribution >= 0.6 is 39.1 Å². The average Bonchev–Trinajstić information content (AvgIpc) is 2.65. The first-order chi connectivity index (χ1) is 12.8. The minimum Gasteiger partial charge on any atom is -0.324 e. The molecule has 0 spiro atoms. The van der Waals surface area contributed by atoms with Crippen LogP contribution in [0.1, 0.15) is 12.8 Å². The minimum absolute atomic E-state index is 0.181. The number of rotatable bonds is 4. The molecule has 1 heterocycles. The summed E-state index contributed by atoms with van der Waals surface area (Å²) in [5, 5.41) is 3.67. The lowest BCUT2D eigenvalue weighted by Crippen LogP contribution is -2.41. The van der Waals surface area contributed by atoms with E-state index in [2.05, 4.69) is 21.2 Å². The summed E-state index contributed by atoms with van der Waals surface area (Å²) in [6.07, 6.45) is 0.888. The monoisotopic (exact) mass is 490 g/mol. The topological polar surface area (TPSA) is 66.5 Å². The van der Waals surface area contributed by atoms with Crippen LogP contribution in [0.5, 0.6) is 0 Å². The number of halogens is 3. The lowest BCUT2D eigenvalue weighted by Gasteiger charge is -2.30. The van der Waals surface area contributed by atoms with E-state index >= 15 is 0 Å². The number of hydrogen-bond acceptors (Lipinski definition) is 3. The molecule has 0 bridgehead atoms. The Morgan fingerprint density at radius 2 is 1.70 bits per heavy atom. The molecule has 0 atom stereocenters. The molecule has 0 radical (unpaired) electrons. The zero-order valence-electron chi connectivity index (χ0n) is 14.2. The Morgan fingerprint density at radius 3 is 2.33 bits per heavy atom. The van der Waals surface area contributed by atoms with Crippen molar-refractivity contribution in [3.05, 3.63) is 57.0 Å². The van der Waals surface area contributed by atoms with Crippen molar-refractivity contribution in [3.8, 4) is 0 Å². The summed E-state index contributed by atoms with van der Waals surface area (Å²) in [6, 6.07) is 11.4. The van der Waals surface area contributed by atoms with Gasteiger partial charge < -0.3 is 5.32 Å². The van der Waals surface area contributed by atoms with Crippen LogP contribution in [0.4, 0.5) is 5.69 Å². The molecule has 9 heteroatoms. The third-order valence-corrected chi connectivity index (χ3v) is 7.47. The number of benzene rings is 2. The smallest absolute Gasteiger partial charge is 0.243 e. The lowest BCUT2D eigenvalue weighted by atomic mass is 9.97. The predicted molar refractivity (Wildman–Crippen MR) is 111 cm³/mol. The highest BCUT2D eigenvalue weighted by Crippen LogP contribution is 2.29. The summed E-state index contributed by atoms with van der Waals surface area (Å²) >= 11 is 15.3. The second kappa shape index (κ2) is 8.49. The van der Waals surface area contributed by atoms with Gasteiger partial charge in [0.25, 0.3) is 0 Å². The van der Waals surface area contributed by atoms with Crippen LogP contribution in [0.2, 0.25) is 10.0 Å². The molecule has 2 aromatic rings. The third-order valence-electron chi connectivity index (χ3n) is 4.46. The van der Waals surface area contributed by atoms with Gasteiger partial charge in [0, 0.05) is 28.5 Å². The van der Waals surface area contributed by atoms with E-state index in [9.17, 15) is 13.2 Å². The number of nitrogens with zero attached hydrogens (tertiary/aromatic N) is 1. The molecule has 1 fully saturated rings. The Balaban J connectivity index is 1.63. The molecule has 2 aromatic carbocycles. The van der Waals surface area contributed by atoms with Gasteiger partial charge in [0.15, 0.2) is 0 Å². The maximum Gasteiger partial charge on any atom is 0.243 e. The van der Waals surface area contributed by atoms with Crippen LogP contribution in [0.15, 0.2) is 51.8 Å². The quantitative estimate of drug-likeness (QED) is 0.668. The van der Waals surface area contributed by atoms with Crippen molar-refractivity contribution in [2.45, 2.75) is 17.7 Å². The van der Waals surface area contributed by atoms with Crippen molar-refractivity contribution in [2.24, 2.45) is 5.92 Å². The van der Waals surface area contributed by atoms with Gasteiger partial charge in [0.1, 0.15) is 0 Å². The Kier molecular flexibility index (Phi) is 6.48. The van der Waals surface area contributed by atoms with Crippen LogP contribution in [0.25, 0.3) is 0 Å². The molecule has 0 aromatic heterocycles. The second-order valence-electron chi connectivity index (χ2n) is 6.25. The predicted octanol–water partition coefficient (Wildman–Crippen LogP) is 4.80. The molecule has 1 aliphatic heterocycles. The van der Waals surface area contributed by atoms with Gasteiger partial charge >= 0.3 is 0 Å². The molecular formula is C18H17BrCl2N2O3S. The Hall–Kier alpha value is -1.12. The Labute approximate surface area is 176 Å². The standard InChI is InChI=1S/C18H17BrCl2N2O3S/c19-13-1-4-15(5-2-13)27(25,26)23-9-7-12(8-10-23)18(24)22-17-11-14(20)3-6-16(17)21/h1-6,11-12H,7-10H2,(H,22,24). The highest BCUT2D eigenvalue weighted by atomic mass is 79.9. The SMILES string of the molecule is O=C(Nc1cc(Cl)ccc1Cl)C1CCN(S(=O)(=O)c2ccc(Br)cc2)CC1. The third kappa shape index (κ3) is 4.84. The molecule has 27 heavy (non-hydrogen) atoms. The summed E-state index contributed by atoms with van der Waals surface area (Å²) in [5.74, 6) is -0.462. The van der Waals surface area contributed by atoms with Gasteiger partial charge in [0.2, 0.25) is 15.9 Å². The zero-order chi connectivity index (χ0) is 19.6. The van der Waals surface area contributed by atoms with Crippen LogP contribution < -0.4 is 5.32 Å². The van der Waals surface area contributed by atoms with Crippen LogP contribution in [-0.4, -0.2) is 31.7 Å². The average molecular weight is 492 g/mol. The van der Waals surface area contributed by atoms with Crippen molar-refractivity contribution >= 4 is 60.7 Å². The number of carbonyl (C=O) groups excluding carboxylic acids is 1. The molecule has 5 nitrogen and oxygen atoms in total. The Bertz CT molecular complexity index is 944. The molecular weight excluding hydrogens is 475 g/mol. The van der Waals surface area contributed by atoms with Crippen LogP contribution in [0, 0.1) is 5.92 Å². The van der Waals surface area contributed by atoms with Crippen LogP contribution in [-0.2, 0) is 14.8 Å². The van der Waals surface area contributed by atoms with Crippen molar-refractivity contribution in [1.82, 2.24) is 4.31 Å². The first kappa shape index (κ1) is 20.6. The van der Waals surface area contributed by atoms with Gasteiger partial charge in [-0.3, -0.25) is 4.79 Å². The number of carbonyl (C=O) groups is 1. The number of piperidine rings is 1. The molecule has 0 unspecified atom stereocenters. The van der Waals surface area contributed by atoms with Crippen LogP contribution in [0.3, 0.4) is 0 Å². The molecule has 1 amide bonds. The normalized spacial score (nSPS) is 16.3. The van der Waals surface area contributed by atoms with E-state index < -0.39 is 10.0 Å². The van der Waals surface area contributed by atoms with E-state index in [1.807, 2.05) is 0 Å². The van der Waals surface area contributed by atoms with E-state index in [1.54, 1.807) is 42.5 Å². The first-order valence-corrected chi connectivity index (χ1v) is 11.3. The molecule has 1 saturated heterocycles. The highest BCUT2D eigenvalue weighted by molar-refractivity contribution is 9.10. The molecule has 3 rings (SSSR count). The van der Waals surface area contributed by atoms with E-state index in [4.69, 9.17) is 23.2 Å². The van der Waals surface area contributed by atoms with Gasteiger partial charge in [-0.25, -0.2) is 8.42 Å². The second-order valence-corrected chi connectivity index (χ2v) is 9.94. The molecule has 1 N–H and O–H groups in total. The number of nitrogens with one attached hydrogen (secondary N) is 1. The van der Waals surface area contributed by atoms with E-state index in [0.717, 1.165) is 4.47 Å². The zero-order valence-corrected chi connectivity index (χ0v) is 18.1. The van der Waals surface area contributed by atoms with Gasteiger partial charge in [0.05, 0.1) is 15.6 Å². The molecule has 1 aliphatic rings. The molecule has 0 saturated carbocycles.